The van der Waals surface area contributed by atoms with Crippen LogP contribution < -0.4 is 14.8 Å². The van der Waals surface area contributed by atoms with Crippen LogP contribution in [0.4, 0.5) is 5.69 Å². The fraction of sp³-hybridized carbons (Fsp3) is 0.350. The van der Waals surface area contributed by atoms with E-state index in [4.69, 9.17) is 21.1 Å². The molecule has 0 aromatic heterocycles. The van der Waals surface area contributed by atoms with E-state index in [-0.39, 0.29) is 18.4 Å². The summed E-state index contributed by atoms with van der Waals surface area (Å²) >= 11 is 9.64. The van der Waals surface area contributed by atoms with Crippen molar-refractivity contribution in [1.29, 1.82) is 0 Å². The largest absolute Gasteiger partial charge is 0.495 e. The lowest BCUT2D eigenvalue weighted by Crippen LogP contribution is -2.21. The molecule has 0 spiro atoms. The van der Waals surface area contributed by atoms with E-state index in [9.17, 15) is 4.79 Å². The molecule has 0 heterocycles. The standard InChI is InChI=1S/C20H23BrClNO3/c1-11(2)14-8-15(21)12(3)7-18(14)26-10-20(24)23-17-6-13(4)16(22)9-19(17)25-5/h6-9,11H,10H2,1-5H3,(H,23,24). The zero-order chi connectivity index (χ0) is 19.4. The van der Waals surface area contributed by atoms with E-state index in [0.717, 1.165) is 26.9 Å². The SMILES string of the molecule is COc1cc(Cl)c(C)cc1NC(=O)COc1cc(C)c(Br)cc1C(C)C. The number of carbonyl (C=O) groups is 1. The molecule has 2 rings (SSSR count). The van der Waals surface area contributed by atoms with E-state index < -0.39 is 0 Å². The van der Waals surface area contributed by atoms with Gasteiger partial charge in [-0.3, -0.25) is 4.79 Å². The predicted molar refractivity (Wildman–Crippen MR) is 110 cm³/mol. The van der Waals surface area contributed by atoms with Gasteiger partial charge in [0.05, 0.1) is 12.8 Å². The molecule has 0 fully saturated rings. The van der Waals surface area contributed by atoms with Gasteiger partial charge in [0.25, 0.3) is 5.91 Å². The second kappa shape index (κ2) is 8.78. The van der Waals surface area contributed by atoms with E-state index in [2.05, 4.69) is 35.1 Å². The zero-order valence-corrected chi connectivity index (χ0v) is 17.9. The Morgan fingerprint density at radius 1 is 1.15 bits per heavy atom. The summed E-state index contributed by atoms with van der Waals surface area (Å²) in [5.41, 5.74) is 3.53. The van der Waals surface area contributed by atoms with E-state index in [1.54, 1.807) is 12.1 Å². The van der Waals surface area contributed by atoms with Crippen molar-refractivity contribution in [2.45, 2.75) is 33.6 Å². The normalized spacial score (nSPS) is 10.8. The van der Waals surface area contributed by atoms with Gasteiger partial charge < -0.3 is 14.8 Å². The van der Waals surface area contributed by atoms with Crippen molar-refractivity contribution >= 4 is 39.1 Å². The molecule has 1 amide bonds. The fourth-order valence-electron chi connectivity index (χ4n) is 2.51. The van der Waals surface area contributed by atoms with Gasteiger partial charge in [0, 0.05) is 15.6 Å². The summed E-state index contributed by atoms with van der Waals surface area (Å²) < 4.78 is 12.1. The number of aryl methyl sites for hydroxylation is 2. The molecule has 0 bridgehead atoms. The average molecular weight is 441 g/mol. The average Bonchev–Trinajstić information content (AvgIpc) is 2.58. The minimum Gasteiger partial charge on any atom is -0.495 e. The third-order valence-electron chi connectivity index (χ3n) is 4.03. The molecule has 6 heteroatoms. The predicted octanol–water partition coefficient (Wildman–Crippen LogP) is 5.87. The molecular formula is C20H23BrClNO3. The minimum absolute atomic E-state index is 0.0916. The summed E-state index contributed by atoms with van der Waals surface area (Å²) in [5, 5.41) is 3.40. The maximum Gasteiger partial charge on any atom is 0.262 e. The Bertz CT molecular complexity index is 821. The molecule has 0 aliphatic carbocycles. The molecule has 0 aliphatic heterocycles. The highest BCUT2D eigenvalue weighted by molar-refractivity contribution is 9.10. The number of nitrogens with one attached hydrogen (secondary N) is 1. The first-order valence-corrected chi connectivity index (χ1v) is 9.46. The van der Waals surface area contributed by atoms with Gasteiger partial charge in [0.2, 0.25) is 0 Å². The topological polar surface area (TPSA) is 47.6 Å². The number of halogens is 2. The Kier molecular flexibility index (Phi) is 6.95. The Morgan fingerprint density at radius 3 is 2.46 bits per heavy atom. The molecule has 2 aromatic rings. The molecule has 0 radical (unpaired) electrons. The molecule has 1 N–H and O–H groups in total. The van der Waals surface area contributed by atoms with Crippen LogP contribution in [0.15, 0.2) is 28.7 Å². The van der Waals surface area contributed by atoms with Gasteiger partial charge in [-0.25, -0.2) is 0 Å². The summed E-state index contributed by atoms with van der Waals surface area (Å²) in [5.74, 6) is 1.25. The molecule has 2 aromatic carbocycles. The minimum atomic E-state index is -0.264. The highest BCUT2D eigenvalue weighted by Gasteiger charge is 2.14. The van der Waals surface area contributed by atoms with Crippen LogP contribution in [0.25, 0.3) is 0 Å². The van der Waals surface area contributed by atoms with Crippen LogP contribution in [-0.4, -0.2) is 19.6 Å². The molecule has 0 saturated heterocycles. The number of anilines is 1. The quantitative estimate of drug-likeness (QED) is 0.611. The maximum atomic E-state index is 12.3. The molecule has 4 nitrogen and oxygen atoms in total. The van der Waals surface area contributed by atoms with E-state index >= 15 is 0 Å². The highest BCUT2D eigenvalue weighted by atomic mass is 79.9. The maximum absolute atomic E-state index is 12.3. The summed E-state index contributed by atoms with van der Waals surface area (Å²) in [4.78, 5) is 12.3. The van der Waals surface area contributed by atoms with Crippen molar-refractivity contribution in [1.82, 2.24) is 0 Å². The molecule has 26 heavy (non-hydrogen) atoms. The van der Waals surface area contributed by atoms with Crippen LogP contribution in [0.1, 0.15) is 36.5 Å². The first-order valence-electron chi connectivity index (χ1n) is 8.29. The summed E-state index contributed by atoms with van der Waals surface area (Å²) in [6.07, 6.45) is 0. The zero-order valence-electron chi connectivity index (χ0n) is 15.6. The fourth-order valence-corrected chi connectivity index (χ4v) is 3.02. The lowest BCUT2D eigenvalue weighted by atomic mass is 10.0. The van der Waals surface area contributed by atoms with Crippen molar-refractivity contribution in [3.8, 4) is 11.5 Å². The molecule has 0 aliphatic rings. The number of hydrogen-bond acceptors (Lipinski definition) is 3. The van der Waals surface area contributed by atoms with Gasteiger partial charge in [-0.15, -0.1) is 0 Å². The van der Waals surface area contributed by atoms with Gasteiger partial charge in [-0.2, -0.15) is 0 Å². The van der Waals surface area contributed by atoms with Crippen LogP contribution in [0.5, 0.6) is 11.5 Å². The second-order valence-electron chi connectivity index (χ2n) is 6.43. The van der Waals surface area contributed by atoms with Crippen LogP contribution >= 0.6 is 27.5 Å². The summed E-state index contributed by atoms with van der Waals surface area (Å²) in [6.45, 7) is 7.94. The molecular weight excluding hydrogens is 418 g/mol. The monoisotopic (exact) mass is 439 g/mol. The van der Waals surface area contributed by atoms with Crippen LogP contribution in [0, 0.1) is 13.8 Å². The van der Waals surface area contributed by atoms with E-state index in [1.165, 1.54) is 7.11 Å². The molecule has 140 valence electrons. The van der Waals surface area contributed by atoms with Crippen molar-refractivity contribution in [2.75, 3.05) is 19.0 Å². The Morgan fingerprint density at radius 2 is 1.85 bits per heavy atom. The number of amides is 1. The summed E-state index contributed by atoms with van der Waals surface area (Å²) in [7, 11) is 1.53. The number of ether oxygens (including phenoxy) is 2. The van der Waals surface area contributed by atoms with Crippen LogP contribution in [-0.2, 0) is 4.79 Å². The van der Waals surface area contributed by atoms with Crippen molar-refractivity contribution in [3.05, 3.63) is 50.5 Å². The first kappa shape index (κ1) is 20.6. The number of methoxy groups -OCH3 is 1. The number of benzene rings is 2. The first-order chi connectivity index (χ1) is 12.2. The molecule has 0 atom stereocenters. The smallest absolute Gasteiger partial charge is 0.262 e. The lowest BCUT2D eigenvalue weighted by molar-refractivity contribution is -0.118. The van der Waals surface area contributed by atoms with Gasteiger partial charge in [0.15, 0.2) is 6.61 Å². The van der Waals surface area contributed by atoms with E-state index in [1.807, 2.05) is 26.0 Å². The van der Waals surface area contributed by atoms with Crippen molar-refractivity contribution in [2.24, 2.45) is 0 Å². The van der Waals surface area contributed by atoms with Gasteiger partial charge in [-0.1, -0.05) is 41.4 Å². The van der Waals surface area contributed by atoms with E-state index in [0.29, 0.717) is 16.5 Å². The second-order valence-corrected chi connectivity index (χ2v) is 7.69. The third-order valence-corrected chi connectivity index (χ3v) is 5.29. The number of hydrogen-bond donors (Lipinski definition) is 1. The third kappa shape index (κ3) is 4.92. The van der Waals surface area contributed by atoms with Gasteiger partial charge in [0.1, 0.15) is 11.5 Å². The summed E-state index contributed by atoms with van der Waals surface area (Å²) in [6, 6.07) is 7.45. The molecule has 0 unspecified atom stereocenters. The Hall–Kier alpha value is -1.72. The van der Waals surface area contributed by atoms with Crippen molar-refractivity contribution in [3.63, 3.8) is 0 Å². The highest BCUT2D eigenvalue weighted by Crippen LogP contribution is 2.33. The lowest BCUT2D eigenvalue weighted by Gasteiger charge is -2.16. The molecule has 0 saturated carbocycles. The number of rotatable bonds is 6. The van der Waals surface area contributed by atoms with Gasteiger partial charge in [-0.05, 0) is 54.7 Å². The van der Waals surface area contributed by atoms with Gasteiger partial charge >= 0.3 is 0 Å². The number of carbonyl (C=O) groups excluding carboxylic acids is 1. The van der Waals surface area contributed by atoms with Crippen molar-refractivity contribution < 1.29 is 14.3 Å². The van der Waals surface area contributed by atoms with Crippen LogP contribution in [0.2, 0.25) is 5.02 Å². The Labute approximate surface area is 168 Å². The Balaban J connectivity index is 2.13. The van der Waals surface area contributed by atoms with Crippen LogP contribution in [0.3, 0.4) is 0 Å².